The van der Waals surface area contributed by atoms with Crippen LogP contribution < -0.4 is 5.32 Å². The minimum absolute atomic E-state index is 0.0117. The lowest BCUT2D eigenvalue weighted by Crippen LogP contribution is -2.50. The number of morpholine rings is 1. The first-order valence-electron chi connectivity index (χ1n) is 8.99. The number of hydrogen-bond acceptors (Lipinski definition) is 4. The Labute approximate surface area is 148 Å². The fraction of sp³-hybridized carbons (Fsp3) is 0.579. The number of ether oxygens (including phenoxy) is 1. The number of aliphatic hydroxyl groups is 1. The van der Waals surface area contributed by atoms with Crippen molar-refractivity contribution in [3.8, 4) is 0 Å². The molecule has 0 unspecified atom stereocenters. The molecule has 6 nitrogen and oxygen atoms in total. The van der Waals surface area contributed by atoms with E-state index in [9.17, 15) is 14.7 Å². The summed E-state index contributed by atoms with van der Waals surface area (Å²) >= 11 is 0. The molecule has 2 amide bonds. The van der Waals surface area contributed by atoms with Crippen molar-refractivity contribution in [3.05, 3.63) is 29.8 Å². The van der Waals surface area contributed by atoms with Crippen molar-refractivity contribution >= 4 is 17.5 Å². The van der Waals surface area contributed by atoms with E-state index in [0.29, 0.717) is 0 Å². The third-order valence-electron chi connectivity index (χ3n) is 5.30. The van der Waals surface area contributed by atoms with Gasteiger partial charge in [-0.3, -0.25) is 9.59 Å². The number of carbonyl (C=O) groups is 2. The average molecular weight is 346 g/mol. The third kappa shape index (κ3) is 4.02. The van der Waals surface area contributed by atoms with Gasteiger partial charge in [-0.25, -0.2) is 0 Å². The van der Waals surface area contributed by atoms with E-state index in [4.69, 9.17) is 4.74 Å². The van der Waals surface area contributed by atoms with Crippen LogP contribution >= 0.6 is 0 Å². The van der Waals surface area contributed by atoms with Crippen molar-refractivity contribution in [2.45, 2.75) is 44.2 Å². The molecule has 2 aliphatic rings. The van der Waals surface area contributed by atoms with Crippen LogP contribution in [-0.2, 0) is 14.3 Å². The lowest BCUT2D eigenvalue weighted by molar-refractivity contribution is -0.157. The molecule has 2 fully saturated rings. The molecule has 0 spiro atoms. The molecule has 25 heavy (non-hydrogen) atoms. The Morgan fingerprint density at radius 2 is 1.92 bits per heavy atom. The normalized spacial score (nSPS) is 25.0. The molecule has 1 saturated heterocycles. The van der Waals surface area contributed by atoms with Gasteiger partial charge in [0.25, 0.3) is 0 Å². The molecular weight excluding hydrogens is 320 g/mol. The Hall–Kier alpha value is -1.92. The van der Waals surface area contributed by atoms with Crippen LogP contribution in [0.5, 0.6) is 0 Å². The Morgan fingerprint density at radius 1 is 1.24 bits per heavy atom. The summed E-state index contributed by atoms with van der Waals surface area (Å²) in [6.07, 6.45) is 5.06. The van der Waals surface area contributed by atoms with Gasteiger partial charge < -0.3 is 20.1 Å². The molecule has 1 saturated carbocycles. The van der Waals surface area contributed by atoms with Crippen LogP contribution in [0.4, 0.5) is 5.69 Å². The summed E-state index contributed by atoms with van der Waals surface area (Å²) in [7, 11) is 1.68. The molecule has 1 aromatic rings. The molecule has 2 N–H and O–H groups in total. The summed E-state index contributed by atoms with van der Waals surface area (Å²) < 4.78 is 5.63. The maximum Gasteiger partial charge on any atom is 0.248 e. The van der Waals surface area contributed by atoms with Gasteiger partial charge in [0.15, 0.2) is 0 Å². The quantitative estimate of drug-likeness (QED) is 0.875. The zero-order valence-corrected chi connectivity index (χ0v) is 14.6. The van der Waals surface area contributed by atoms with Crippen LogP contribution in [0.25, 0.3) is 0 Å². The van der Waals surface area contributed by atoms with Gasteiger partial charge in [0, 0.05) is 18.7 Å². The van der Waals surface area contributed by atoms with Crippen molar-refractivity contribution in [2.24, 2.45) is 5.92 Å². The van der Waals surface area contributed by atoms with Crippen LogP contribution in [-0.4, -0.2) is 48.1 Å². The van der Waals surface area contributed by atoms with Crippen molar-refractivity contribution in [1.29, 1.82) is 0 Å². The molecule has 0 bridgehead atoms. The molecule has 0 aromatic heterocycles. The van der Waals surface area contributed by atoms with E-state index in [1.807, 2.05) is 24.3 Å². The number of amides is 2. The summed E-state index contributed by atoms with van der Waals surface area (Å²) in [6.45, 7) is -0.148. The van der Waals surface area contributed by atoms with E-state index in [0.717, 1.165) is 36.9 Å². The third-order valence-corrected chi connectivity index (χ3v) is 5.30. The van der Waals surface area contributed by atoms with Crippen molar-refractivity contribution < 1.29 is 19.4 Å². The number of benzene rings is 1. The molecule has 1 heterocycles. The van der Waals surface area contributed by atoms with E-state index in [1.54, 1.807) is 7.05 Å². The number of rotatable bonds is 4. The van der Waals surface area contributed by atoms with E-state index in [-0.39, 0.29) is 37.0 Å². The first-order valence-corrected chi connectivity index (χ1v) is 8.99. The van der Waals surface area contributed by atoms with Crippen LogP contribution in [0, 0.1) is 5.92 Å². The molecular formula is C19H26N2O4. The minimum Gasteiger partial charge on any atom is -0.394 e. The SMILES string of the molecule is CN1C(=O)CO[C@H](c2ccc(NC(=O)C3CCCCC3)cc2)[C@H]1CO. The van der Waals surface area contributed by atoms with E-state index < -0.39 is 6.04 Å². The molecule has 2 atom stereocenters. The van der Waals surface area contributed by atoms with Crippen molar-refractivity contribution in [3.63, 3.8) is 0 Å². The fourth-order valence-electron chi connectivity index (χ4n) is 3.66. The van der Waals surface area contributed by atoms with Crippen molar-refractivity contribution in [2.75, 3.05) is 25.6 Å². The molecule has 6 heteroatoms. The minimum atomic E-state index is -0.399. The monoisotopic (exact) mass is 346 g/mol. The zero-order chi connectivity index (χ0) is 17.8. The van der Waals surface area contributed by atoms with Gasteiger partial charge in [-0.05, 0) is 30.5 Å². The summed E-state index contributed by atoms with van der Waals surface area (Å²) in [5.74, 6) is 0.0835. The Balaban J connectivity index is 1.65. The van der Waals surface area contributed by atoms with Gasteiger partial charge in [-0.15, -0.1) is 0 Å². The highest BCUT2D eigenvalue weighted by molar-refractivity contribution is 5.92. The molecule has 136 valence electrons. The number of nitrogens with zero attached hydrogens (tertiary/aromatic N) is 1. The Morgan fingerprint density at radius 3 is 2.56 bits per heavy atom. The van der Waals surface area contributed by atoms with Gasteiger partial charge >= 0.3 is 0 Å². The first kappa shape index (κ1) is 17.9. The van der Waals surface area contributed by atoms with Crippen molar-refractivity contribution in [1.82, 2.24) is 4.90 Å². The second-order valence-corrected chi connectivity index (χ2v) is 6.93. The maximum atomic E-state index is 12.3. The predicted molar refractivity (Wildman–Crippen MR) is 94.0 cm³/mol. The van der Waals surface area contributed by atoms with E-state index in [2.05, 4.69) is 5.32 Å². The number of carbonyl (C=O) groups excluding carboxylic acids is 2. The Kier molecular flexibility index (Phi) is 5.71. The number of likely N-dealkylation sites (N-methyl/N-ethyl adjacent to an activating group) is 1. The maximum absolute atomic E-state index is 12.3. The standard InChI is InChI=1S/C19H26N2O4/c1-21-16(11-22)18(25-12-17(21)23)13-7-9-15(10-8-13)20-19(24)14-5-3-2-4-6-14/h7-10,14,16,18,22H,2-6,11-12H2,1H3,(H,20,24)/t16-,18-/m1/s1. The summed E-state index contributed by atoms with van der Waals surface area (Å²) in [5.41, 5.74) is 1.65. The lowest BCUT2D eigenvalue weighted by Gasteiger charge is -2.38. The van der Waals surface area contributed by atoms with Crippen LogP contribution in [0.1, 0.15) is 43.8 Å². The Bertz CT molecular complexity index is 610. The highest BCUT2D eigenvalue weighted by Crippen LogP contribution is 2.29. The van der Waals surface area contributed by atoms with E-state index >= 15 is 0 Å². The number of aliphatic hydroxyl groups excluding tert-OH is 1. The average Bonchev–Trinajstić information content (AvgIpc) is 2.65. The molecule has 0 radical (unpaired) electrons. The molecule has 3 rings (SSSR count). The second kappa shape index (κ2) is 7.97. The van der Waals surface area contributed by atoms with Crippen LogP contribution in [0.15, 0.2) is 24.3 Å². The fourth-order valence-corrected chi connectivity index (χ4v) is 3.66. The number of hydrogen-bond donors (Lipinski definition) is 2. The summed E-state index contributed by atoms with van der Waals surface area (Å²) in [4.78, 5) is 25.6. The van der Waals surface area contributed by atoms with Crippen LogP contribution in [0.3, 0.4) is 0 Å². The van der Waals surface area contributed by atoms with E-state index in [1.165, 1.54) is 11.3 Å². The van der Waals surface area contributed by atoms with Gasteiger partial charge in [-0.2, -0.15) is 0 Å². The van der Waals surface area contributed by atoms with Gasteiger partial charge in [-0.1, -0.05) is 31.4 Å². The van der Waals surface area contributed by atoms with Gasteiger partial charge in [0.05, 0.1) is 12.6 Å². The molecule has 1 aliphatic carbocycles. The first-order chi connectivity index (χ1) is 12.1. The number of nitrogens with one attached hydrogen (secondary N) is 1. The highest BCUT2D eigenvalue weighted by Gasteiger charge is 2.35. The highest BCUT2D eigenvalue weighted by atomic mass is 16.5. The summed E-state index contributed by atoms with van der Waals surface area (Å²) in [5, 5.41) is 12.6. The lowest BCUT2D eigenvalue weighted by atomic mass is 9.88. The summed E-state index contributed by atoms with van der Waals surface area (Å²) in [6, 6.07) is 7.07. The second-order valence-electron chi connectivity index (χ2n) is 6.93. The largest absolute Gasteiger partial charge is 0.394 e. The smallest absolute Gasteiger partial charge is 0.248 e. The zero-order valence-electron chi connectivity index (χ0n) is 14.6. The van der Waals surface area contributed by atoms with Crippen LogP contribution in [0.2, 0.25) is 0 Å². The van der Waals surface area contributed by atoms with Gasteiger partial charge in [0.1, 0.15) is 12.7 Å². The number of anilines is 1. The predicted octanol–water partition coefficient (Wildman–Crippen LogP) is 2.10. The molecule has 1 aromatic carbocycles. The van der Waals surface area contributed by atoms with Gasteiger partial charge in [0.2, 0.25) is 11.8 Å². The topological polar surface area (TPSA) is 78.9 Å². The molecule has 1 aliphatic heterocycles.